The maximum absolute atomic E-state index is 6.19. The first kappa shape index (κ1) is 11.9. The minimum Gasteiger partial charge on any atom is -0.398 e. The number of nitrogen functional groups attached to an aromatic ring is 1. The number of aromatic nitrogens is 2. The van der Waals surface area contributed by atoms with Crippen molar-refractivity contribution in [1.82, 2.24) is 9.97 Å². The average Bonchev–Trinajstić information content (AvgIpc) is 2.54. The van der Waals surface area contributed by atoms with Crippen molar-refractivity contribution in [2.75, 3.05) is 5.73 Å². The number of nitrogens with two attached hydrogens (primary N) is 1. The molecule has 0 aliphatic carbocycles. The van der Waals surface area contributed by atoms with Gasteiger partial charge >= 0.3 is 0 Å². The normalized spacial score (nSPS) is 11.0. The van der Waals surface area contributed by atoms with Gasteiger partial charge in [-0.15, -0.1) is 0 Å². The topological polar surface area (TPSA) is 51.8 Å². The number of fused-ring (bicyclic) bond motifs is 2. The predicted octanol–water partition coefficient (Wildman–Crippen LogP) is 4.03. The molecule has 0 amide bonds. The molecule has 4 rings (SSSR count). The predicted molar refractivity (Wildman–Crippen MR) is 86.9 cm³/mol. The third kappa shape index (κ3) is 1.91. The first-order chi connectivity index (χ1) is 10.3. The molecular weight excluding hydrogens is 258 g/mol. The van der Waals surface area contributed by atoms with Crippen molar-refractivity contribution in [2.45, 2.75) is 0 Å². The smallest absolute Gasteiger partial charge is 0.0993 e. The van der Waals surface area contributed by atoms with Gasteiger partial charge in [-0.25, -0.2) is 9.97 Å². The Bertz CT molecular complexity index is 946. The van der Waals surface area contributed by atoms with E-state index in [2.05, 4.69) is 4.98 Å². The molecule has 3 heteroatoms. The fourth-order valence-electron chi connectivity index (χ4n) is 2.61. The highest BCUT2D eigenvalue weighted by atomic mass is 14.8. The Labute approximate surface area is 122 Å². The number of para-hydroxylation sites is 2. The molecule has 1 heterocycles. The summed E-state index contributed by atoms with van der Waals surface area (Å²) < 4.78 is 0. The van der Waals surface area contributed by atoms with Crippen LogP contribution < -0.4 is 5.73 Å². The molecular formula is C18H13N3. The summed E-state index contributed by atoms with van der Waals surface area (Å²) in [6.45, 7) is 0. The van der Waals surface area contributed by atoms with Crippen LogP contribution >= 0.6 is 0 Å². The second-order valence-electron chi connectivity index (χ2n) is 4.98. The lowest BCUT2D eigenvalue weighted by molar-refractivity contribution is 1.39. The second-order valence-corrected chi connectivity index (χ2v) is 4.98. The van der Waals surface area contributed by atoms with Crippen LogP contribution in [0.15, 0.2) is 66.7 Å². The van der Waals surface area contributed by atoms with Crippen molar-refractivity contribution in [3.63, 3.8) is 0 Å². The molecule has 0 atom stereocenters. The third-order valence-corrected chi connectivity index (χ3v) is 3.61. The Morgan fingerprint density at radius 1 is 0.619 bits per heavy atom. The Hall–Kier alpha value is -2.94. The molecule has 21 heavy (non-hydrogen) atoms. The Morgan fingerprint density at radius 3 is 2.05 bits per heavy atom. The van der Waals surface area contributed by atoms with Gasteiger partial charge in [-0.2, -0.15) is 0 Å². The van der Waals surface area contributed by atoms with Gasteiger partial charge in [0, 0.05) is 11.3 Å². The van der Waals surface area contributed by atoms with E-state index >= 15 is 0 Å². The third-order valence-electron chi connectivity index (χ3n) is 3.61. The summed E-state index contributed by atoms with van der Waals surface area (Å²) in [4.78, 5) is 9.46. The highest BCUT2D eigenvalue weighted by Crippen LogP contribution is 2.32. The van der Waals surface area contributed by atoms with E-state index in [0.29, 0.717) is 0 Å². The number of benzene rings is 3. The Balaban J connectivity index is 2.14. The zero-order valence-corrected chi connectivity index (χ0v) is 11.3. The SMILES string of the molecule is Nc1ccc2nc3ccccc3nc2c1-c1ccccc1. The second kappa shape index (κ2) is 4.56. The first-order valence-electron chi connectivity index (χ1n) is 6.83. The molecule has 3 nitrogen and oxygen atoms in total. The Kier molecular flexibility index (Phi) is 2.57. The largest absolute Gasteiger partial charge is 0.398 e. The van der Waals surface area contributed by atoms with E-state index in [1.807, 2.05) is 66.7 Å². The van der Waals surface area contributed by atoms with Gasteiger partial charge in [0.25, 0.3) is 0 Å². The average molecular weight is 271 g/mol. The van der Waals surface area contributed by atoms with Gasteiger partial charge in [-0.05, 0) is 29.8 Å². The molecule has 1 aromatic heterocycles. The lowest BCUT2D eigenvalue weighted by atomic mass is 10.0. The van der Waals surface area contributed by atoms with E-state index in [-0.39, 0.29) is 0 Å². The van der Waals surface area contributed by atoms with Crippen molar-refractivity contribution in [1.29, 1.82) is 0 Å². The summed E-state index contributed by atoms with van der Waals surface area (Å²) >= 11 is 0. The van der Waals surface area contributed by atoms with Crippen molar-refractivity contribution in [2.24, 2.45) is 0 Å². The molecule has 0 saturated heterocycles. The van der Waals surface area contributed by atoms with Gasteiger partial charge in [0.05, 0.1) is 22.1 Å². The van der Waals surface area contributed by atoms with Crippen LogP contribution in [0.5, 0.6) is 0 Å². The summed E-state index contributed by atoms with van der Waals surface area (Å²) in [6, 6.07) is 21.8. The summed E-state index contributed by atoms with van der Waals surface area (Å²) in [5.41, 5.74) is 12.4. The van der Waals surface area contributed by atoms with Crippen LogP contribution in [0.4, 0.5) is 5.69 Å². The molecule has 3 aromatic carbocycles. The van der Waals surface area contributed by atoms with Crippen LogP contribution in [-0.4, -0.2) is 9.97 Å². The molecule has 0 spiro atoms. The summed E-state index contributed by atoms with van der Waals surface area (Å²) in [5.74, 6) is 0. The van der Waals surface area contributed by atoms with Crippen molar-refractivity contribution < 1.29 is 0 Å². The van der Waals surface area contributed by atoms with Gasteiger partial charge in [0.1, 0.15) is 0 Å². The number of anilines is 1. The van der Waals surface area contributed by atoms with Gasteiger partial charge in [0.15, 0.2) is 0 Å². The number of rotatable bonds is 1. The lowest BCUT2D eigenvalue weighted by Crippen LogP contribution is -1.95. The molecule has 0 saturated carbocycles. The summed E-state index contributed by atoms with van der Waals surface area (Å²) in [7, 11) is 0. The summed E-state index contributed by atoms with van der Waals surface area (Å²) in [5, 5.41) is 0. The maximum atomic E-state index is 6.19. The van der Waals surface area contributed by atoms with Crippen molar-refractivity contribution in [3.8, 4) is 11.1 Å². The standard InChI is InChI=1S/C18H13N3/c19-13-10-11-16-18(17(13)12-6-2-1-3-7-12)21-15-9-5-4-8-14(15)20-16/h1-11H,19H2. The van der Waals surface area contributed by atoms with Crippen molar-refractivity contribution >= 4 is 27.8 Å². The Morgan fingerprint density at radius 2 is 1.29 bits per heavy atom. The molecule has 0 fully saturated rings. The molecule has 0 radical (unpaired) electrons. The lowest BCUT2D eigenvalue weighted by Gasteiger charge is -2.10. The van der Waals surface area contributed by atoms with Crippen LogP contribution in [0, 0.1) is 0 Å². The molecule has 0 aliphatic rings. The van der Waals surface area contributed by atoms with E-state index in [0.717, 1.165) is 38.9 Å². The fourth-order valence-corrected chi connectivity index (χ4v) is 2.61. The van der Waals surface area contributed by atoms with E-state index in [4.69, 9.17) is 10.7 Å². The van der Waals surface area contributed by atoms with E-state index < -0.39 is 0 Å². The zero-order valence-electron chi connectivity index (χ0n) is 11.3. The first-order valence-corrected chi connectivity index (χ1v) is 6.83. The quantitative estimate of drug-likeness (QED) is 0.420. The van der Waals surface area contributed by atoms with E-state index in [9.17, 15) is 0 Å². The zero-order chi connectivity index (χ0) is 14.2. The fraction of sp³-hybridized carbons (Fsp3) is 0. The van der Waals surface area contributed by atoms with Gasteiger partial charge < -0.3 is 5.73 Å². The highest BCUT2D eigenvalue weighted by molar-refractivity contribution is 6.00. The van der Waals surface area contributed by atoms with Crippen LogP contribution in [0.25, 0.3) is 33.2 Å². The van der Waals surface area contributed by atoms with Crippen LogP contribution in [0.2, 0.25) is 0 Å². The van der Waals surface area contributed by atoms with Crippen LogP contribution in [0.3, 0.4) is 0 Å². The number of nitrogens with zero attached hydrogens (tertiary/aromatic N) is 2. The molecule has 0 aliphatic heterocycles. The monoisotopic (exact) mass is 271 g/mol. The molecule has 4 aromatic rings. The van der Waals surface area contributed by atoms with Gasteiger partial charge in [0.2, 0.25) is 0 Å². The maximum Gasteiger partial charge on any atom is 0.0993 e. The molecule has 2 N–H and O–H groups in total. The van der Waals surface area contributed by atoms with Crippen LogP contribution in [0.1, 0.15) is 0 Å². The molecule has 0 unspecified atom stereocenters. The van der Waals surface area contributed by atoms with Crippen molar-refractivity contribution in [3.05, 3.63) is 66.7 Å². The van der Waals surface area contributed by atoms with Crippen LogP contribution in [-0.2, 0) is 0 Å². The number of hydrogen-bond acceptors (Lipinski definition) is 3. The molecule has 0 bridgehead atoms. The van der Waals surface area contributed by atoms with E-state index in [1.54, 1.807) is 0 Å². The van der Waals surface area contributed by atoms with E-state index in [1.165, 1.54) is 0 Å². The number of hydrogen-bond donors (Lipinski definition) is 1. The van der Waals surface area contributed by atoms with Gasteiger partial charge in [-0.1, -0.05) is 42.5 Å². The molecule has 100 valence electrons. The highest BCUT2D eigenvalue weighted by Gasteiger charge is 2.11. The minimum absolute atomic E-state index is 0.721. The summed E-state index contributed by atoms with van der Waals surface area (Å²) in [6.07, 6.45) is 0. The van der Waals surface area contributed by atoms with Gasteiger partial charge in [-0.3, -0.25) is 0 Å². The minimum atomic E-state index is 0.721.